The Labute approximate surface area is 194 Å². The maximum atomic E-state index is 13.6. The summed E-state index contributed by atoms with van der Waals surface area (Å²) in [5, 5.41) is 10.3. The van der Waals surface area contributed by atoms with Crippen LogP contribution in [0, 0.1) is 0 Å². The summed E-state index contributed by atoms with van der Waals surface area (Å²) in [5.41, 5.74) is 3.32. The molecule has 0 spiro atoms. The zero-order valence-electron chi connectivity index (χ0n) is 19.1. The van der Waals surface area contributed by atoms with Gasteiger partial charge >= 0.3 is 6.03 Å². The third-order valence-corrected chi connectivity index (χ3v) is 6.69. The summed E-state index contributed by atoms with van der Waals surface area (Å²) >= 11 is 0. The van der Waals surface area contributed by atoms with E-state index >= 15 is 0 Å². The first-order valence-electron chi connectivity index (χ1n) is 11.5. The summed E-state index contributed by atoms with van der Waals surface area (Å²) in [6.45, 7) is 3.69. The molecule has 0 saturated carbocycles. The highest BCUT2D eigenvalue weighted by molar-refractivity contribution is 6.01. The Morgan fingerprint density at radius 3 is 2.18 bits per heavy atom. The number of imide groups is 1. The Bertz CT molecular complexity index is 1040. The Kier molecular flexibility index (Phi) is 5.86. The quantitative estimate of drug-likeness (QED) is 0.734. The van der Waals surface area contributed by atoms with Gasteiger partial charge in [-0.1, -0.05) is 60.7 Å². The van der Waals surface area contributed by atoms with Crippen LogP contribution in [0.1, 0.15) is 18.1 Å². The molecule has 2 fully saturated rings. The van der Waals surface area contributed by atoms with E-state index < -0.39 is 6.04 Å². The van der Waals surface area contributed by atoms with E-state index in [0.717, 1.165) is 24.2 Å². The number of urea groups is 1. The molecule has 3 heterocycles. The second kappa shape index (κ2) is 8.96. The summed E-state index contributed by atoms with van der Waals surface area (Å²) in [6.07, 6.45) is 0.901. The van der Waals surface area contributed by atoms with Crippen LogP contribution in [0.5, 0.6) is 0 Å². The van der Waals surface area contributed by atoms with Gasteiger partial charge in [-0.2, -0.15) is 5.10 Å². The molecule has 8 nitrogen and oxygen atoms in total. The highest BCUT2D eigenvalue weighted by Gasteiger charge is 2.56. The summed E-state index contributed by atoms with van der Waals surface area (Å²) in [6, 6.07) is 19.6. The Hall–Kier alpha value is -3.23. The molecule has 0 bridgehead atoms. The van der Waals surface area contributed by atoms with E-state index in [4.69, 9.17) is 5.10 Å². The molecule has 2 aromatic rings. The molecule has 172 valence electrons. The van der Waals surface area contributed by atoms with Crippen molar-refractivity contribution in [3.63, 3.8) is 0 Å². The van der Waals surface area contributed by atoms with Crippen molar-refractivity contribution in [2.24, 2.45) is 5.10 Å². The largest absolute Gasteiger partial charge is 0.327 e. The van der Waals surface area contributed by atoms with Crippen LogP contribution in [0.3, 0.4) is 0 Å². The first kappa shape index (κ1) is 21.6. The molecular weight excluding hydrogens is 416 g/mol. The first-order chi connectivity index (χ1) is 16.0. The van der Waals surface area contributed by atoms with Crippen LogP contribution in [0.15, 0.2) is 65.8 Å². The van der Waals surface area contributed by atoms with Crippen LogP contribution < -0.4 is 5.32 Å². The third-order valence-electron chi connectivity index (χ3n) is 6.69. The summed E-state index contributed by atoms with van der Waals surface area (Å²) in [5.74, 6) is -0.133. The summed E-state index contributed by atoms with van der Waals surface area (Å²) in [7, 11) is 1.77. The van der Waals surface area contributed by atoms with Gasteiger partial charge in [0.25, 0.3) is 5.91 Å². The lowest BCUT2D eigenvalue weighted by atomic mass is 10.1. The van der Waals surface area contributed by atoms with Crippen molar-refractivity contribution in [2.45, 2.75) is 38.3 Å². The average molecular weight is 447 g/mol. The minimum Gasteiger partial charge on any atom is -0.310 e. The SMILES string of the molecule is CC1=NN(CCc2ccccc2)C2NC3C(C(=O)N(CCc4ccccc4)C(=O)N3C)N2C1. The predicted molar refractivity (Wildman–Crippen MR) is 126 cm³/mol. The summed E-state index contributed by atoms with van der Waals surface area (Å²) in [4.78, 5) is 31.9. The van der Waals surface area contributed by atoms with Gasteiger partial charge in [0.05, 0.1) is 0 Å². The maximum Gasteiger partial charge on any atom is 0.327 e. The standard InChI is InChI=1S/C25H30N6O2/c1-18-17-30-21-22(26-24(30)31(27-18)16-14-20-11-7-4-8-12-20)28(2)25(33)29(23(21)32)15-13-19-9-5-3-6-10-19/h3-12,21-22,24,26H,13-17H2,1-2H3. The fourth-order valence-electron chi connectivity index (χ4n) is 5.00. The molecule has 0 radical (unpaired) electrons. The number of nitrogens with one attached hydrogen (secondary N) is 1. The van der Waals surface area contributed by atoms with Crippen molar-refractivity contribution in [1.82, 2.24) is 25.0 Å². The van der Waals surface area contributed by atoms with Gasteiger partial charge in [0.15, 0.2) is 6.29 Å². The fourth-order valence-corrected chi connectivity index (χ4v) is 5.00. The first-order valence-corrected chi connectivity index (χ1v) is 11.5. The lowest BCUT2D eigenvalue weighted by Crippen LogP contribution is -2.66. The number of amides is 3. The van der Waals surface area contributed by atoms with E-state index in [9.17, 15) is 9.59 Å². The second-order valence-electron chi connectivity index (χ2n) is 8.96. The molecule has 5 rings (SSSR count). The van der Waals surface area contributed by atoms with Crippen LogP contribution in [0.4, 0.5) is 4.79 Å². The molecule has 3 aliphatic rings. The smallest absolute Gasteiger partial charge is 0.310 e. The van der Waals surface area contributed by atoms with Crippen LogP contribution in [-0.4, -0.2) is 82.5 Å². The predicted octanol–water partition coefficient (Wildman–Crippen LogP) is 1.94. The lowest BCUT2D eigenvalue weighted by molar-refractivity contribution is -0.138. The Morgan fingerprint density at radius 1 is 0.939 bits per heavy atom. The van der Waals surface area contributed by atoms with Crippen LogP contribution in [0.25, 0.3) is 0 Å². The van der Waals surface area contributed by atoms with Crippen LogP contribution in [0.2, 0.25) is 0 Å². The molecule has 3 unspecified atom stereocenters. The monoisotopic (exact) mass is 446 g/mol. The van der Waals surface area contributed by atoms with E-state index in [0.29, 0.717) is 19.5 Å². The van der Waals surface area contributed by atoms with Crippen LogP contribution in [-0.2, 0) is 17.6 Å². The fraction of sp³-hybridized carbons (Fsp3) is 0.400. The molecule has 3 aliphatic heterocycles. The number of fused-ring (bicyclic) bond motifs is 3. The second-order valence-corrected chi connectivity index (χ2v) is 8.96. The number of benzene rings is 2. The van der Waals surface area contributed by atoms with Gasteiger partial charge in [-0.25, -0.2) is 9.69 Å². The number of likely N-dealkylation sites (N-methyl/N-ethyl adjacent to an activating group) is 1. The lowest BCUT2D eigenvalue weighted by Gasteiger charge is -2.42. The van der Waals surface area contributed by atoms with Gasteiger partial charge in [-0.05, 0) is 30.9 Å². The Morgan fingerprint density at radius 2 is 1.55 bits per heavy atom. The molecule has 33 heavy (non-hydrogen) atoms. The van der Waals surface area contributed by atoms with Gasteiger partial charge in [-0.3, -0.25) is 20.0 Å². The number of hydrogen-bond acceptors (Lipinski definition) is 6. The molecule has 3 atom stereocenters. The van der Waals surface area contributed by atoms with Crippen molar-refractivity contribution in [2.75, 3.05) is 26.7 Å². The molecule has 3 amide bonds. The highest BCUT2D eigenvalue weighted by atomic mass is 16.2. The van der Waals surface area contributed by atoms with Crippen molar-refractivity contribution in [3.8, 4) is 0 Å². The molecule has 8 heteroatoms. The van der Waals surface area contributed by atoms with E-state index in [-0.39, 0.29) is 24.4 Å². The van der Waals surface area contributed by atoms with Crippen molar-refractivity contribution in [3.05, 3.63) is 71.8 Å². The number of rotatable bonds is 6. The zero-order chi connectivity index (χ0) is 22.9. The normalized spacial score (nSPS) is 25.2. The average Bonchev–Trinajstić information content (AvgIpc) is 3.22. The van der Waals surface area contributed by atoms with Crippen LogP contribution >= 0.6 is 0 Å². The number of hydrogen-bond donors (Lipinski definition) is 1. The minimum atomic E-state index is -0.432. The Balaban J connectivity index is 1.33. The number of hydrazone groups is 1. The highest BCUT2D eigenvalue weighted by Crippen LogP contribution is 2.30. The van der Waals surface area contributed by atoms with E-state index in [1.807, 2.05) is 60.5 Å². The molecule has 1 N–H and O–H groups in total. The number of carbonyl (C=O) groups excluding carboxylic acids is 2. The minimum absolute atomic E-state index is 0.133. The summed E-state index contributed by atoms with van der Waals surface area (Å²) < 4.78 is 0. The maximum absolute atomic E-state index is 13.6. The van der Waals surface area contributed by atoms with Gasteiger partial charge < -0.3 is 4.90 Å². The molecule has 2 saturated heterocycles. The molecule has 0 aromatic heterocycles. The molecule has 0 aliphatic carbocycles. The zero-order valence-corrected chi connectivity index (χ0v) is 19.1. The van der Waals surface area contributed by atoms with Crippen molar-refractivity contribution in [1.29, 1.82) is 0 Å². The molecule has 2 aromatic carbocycles. The number of nitrogens with zero attached hydrogens (tertiary/aromatic N) is 5. The van der Waals surface area contributed by atoms with E-state index in [2.05, 4.69) is 22.3 Å². The van der Waals surface area contributed by atoms with E-state index in [1.165, 1.54) is 10.5 Å². The number of carbonyl (C=O) groups is 2. The third kappa shape index (κ3) is 4.12. The van der Waals surface area contributed by atoms with Gasteiger partial charge in [0.2, 0.25) is 0 Å². The van der Waals surface area contributed by atoms with Gasteiger partial charge in [-0.15, -0.1) is 0 Å². The van der Waals surface area contributed by atoms with Crippen molar-refractivity contribution < 1.29 is 9.59 Å². The van der Waals surface area contributed by atoms with Crippen molar-refractivity contribution >= 4 is 17.6 Å². The molecular formula is C25H30N6O2. The van der Waals surface area contributed by atoms with Gasteiger partial charge in [0, 0.05) is 32.4 Å². The topological polar surface area (TPSA) is 71.5 Å². The van der Waals surface area contributed by atoms with E-state index in [1.54, 1.807) is 11.9 Å². The van der Waals surface area contributed by atoms with Gasteiger partial charge in [0.1, 0.15) is 12.2 Å².